The third-order valence-corrected chi connectivity index (χ3v) is 5.88. The van der Waals surface area contributed by atoms with Gasteiger partial charge in [-0.3, -0.25) is 0 Å². The molecule has 1 aliphatic heterocycles. The highest BCUT2D eigenvalue weighted by Gasteiger charge is 2.33. The number of benzene rings is 2. The summed E-state index contributed by atoms with van der Waals surface area (Å²) in [6, 6.07) is 13.6. The van der Waals surface area contributed by atoms with Gasteiger partial charge < -0.3 is 20.1 Å². The summed E-state index contributed by atoms with van der Waals surface area (Å²) in [6.07, 6.45) is 0.746. The van der Waals surface area contributed by atoms with Gasteiger partial charge in [-0.25, -0.2) is 4.39 Å². The van der Waals surface area contributed by atoms with Crippen LogP contribution < -0.4 is 15.0 Å². The molecule has 0 aliphatic carbocycles. The number of aromatic nitrogens is 2. The summed E-state index contributed by atoms with van der Waals surface area (Å²) in [7, 11) is 1.59. The molecule has 2 heterocycles. The van der Waals surface area contributed by atoms with Gasteiger partial charge in [0.15, 0.2) is 11.6 Å². The van der Waals surface area contributed by atoms with Crippen LogP contribution in [0.2, 0.25) is 5.02 Å². The second-order valence-corrected chi connectivity index (χ2v) is 7.99. The highest BCUT2D eigenvalue weighted by atomic mass is 35.5. The van der Waals surface area contributed by atoms with Crippen molar-refractivity contribution in [2.45, 2.75) is 25.0 Å². The van der Waals surface area contributed by atoms with Crippen molar-refractivity contribution in [2.75, 3.05) is 37.1 Å². The van der Waals surface area contributed by atoms with E-state index in [1.165, 1.54) is 0 Å². The number of aliphatic hydroxyl groups is 1. The van der Waals surface area contributed by atoms with Crippen LogP contribution in [0.5, 0.6) is 5.75 Å². The first-order chi connectivity index (χ1) is 14.5. The summed E-state index contributed by atoms with van der Waals surface area (Å²) in [5, 5.41) is 24.8. The number of piperidine rings is 1. The number of halogens is 2. The molecule has 0 amide bonds. The van der Waals surface area contributed by atoms with Crippen LogP contribution in [0, 0.1) is 0 Å². The predicted octanol–water partition coefficient (Wildman–Crippen LogP) is 4.20. The zero-order chi connectivity index (χ0) is 21.1. The normalized spacial score (nSPS) is 15.9. The molecule has 30 heavy (non-hydrogen) atoms. The van der Waals surface area contributed by atoms with E-state index in [9.17, 15) is 9.50 Å². The standard InChI is InChI=1S/C22H24ClFN4O2/c1-30-19-7-6-15(12-18(19)23)13-25-20-16-4-2-3-5-17(16)21(27-26-20)28-10-8-22(29,14-24)9-11-28/h2-7,12,29H,8-11,13-14H2,1H3,(H,25,26). The third-order valence-electron chi connectivity index (χ3n) is 5.59. The molecule has 6 nitrogen and oxygen atoms in total. The van der Waals surface area contributed by atoms with Crippen LogP contribution in [-0.4, -0.2) is 47.8 Å². The molecule has 0 atom stereocenters. The van der Waals surface area contributed by atoms with Crippen LogP contribution in [0.3, 0.4) is 0 Å². The molecular weight excluding hydrogens is 407 g/mol. The van der Waals surface area contributed by atoms with Crippen LogP contribution >= 0.6 is 11.6 Å². The van der Waals surface area contributed by atoms with Gasteiger partial charge in [0.2, 0.25) is 0 Å². The minimum atomic E-state index is -1.22. The molecule has 1 aromatic heterocycles. The Kier molecular flexibility index (Phi) is 5.92. The van der Waals surface area contributed by atoms with Crippen molar-refractivity contribution in [1.82, 2.24) is 10.2 Å². The number of alkyl halides is 1. The van der Waals surface area contributed by atoms with Gasteiger partial charge in [0.05, 0.1) is 17.7 Å². The number of hydrogen-bond acceptors (Lipinski definition) is 6. The summed E-state index contributed by atoms with van der Waals surface area (Å²) in [5.74, 6) is 2.07. The van der Waals surface area contributed by atoms with E-state index in [4.69, 9.17) is 16.3 Å². The Bertz CT molecular complexity index is 1040. The van der Waals surface area contributed by atoms with E-state index in [2.05, 4.69) is 20.4 Å². The molecule has 2 aromatic carbocycles. The van der Waals surface area contributed by atoms with E-state index >= 15 is 0 Å². The molecule has 2 N–H and O–H groups in total. The first kappa shape index (κ1) is 20.6. The Morgan fingerprint density at radius 1 is 1.17 bits per heavy atom. The van der Waals surface area contributed by atoms with Gasteiger partial charge in [-0.15, -0.1) is 10.2 Å². The van der Waals surface area contributed by atoms with Crippen LogP contribution in [0.15, 0.2) is 42.5 Å². The van der Waals surface area contributed by atoms with Gasteiger partial charge in [0.25, 0.3) is 0 Å². The maximum atomic E-state index is 13.1. The second kappa shape index (κ2) is 8.62. The smallest absolute Gasteiger partial charge is 0.159 e. The zero-order valence-electron chi connectivity index (χ0n) is 16.7. The molecule has 0 spiro atoms. The van der Waals surface area contributed by atoms with Crippen LogP contribution in [-0.2, 0) is 6.54 Å². The number of ether oxygens (including phenoxy) is 1. The minimum Gasteiger partial charge on any atom is -0.495 e. The average Bonchev–Trinajstić information content (AvgIpc) is 2.78. The molecule has 3 aromatic rings. The Morgan fingerprint density at radius 2 is 1.90 bits per heavy atom. The van der Waals surface area contributed by atoms with E-state index in [1.54, 1.807) is 7.11 Å². The van der Waals surface area contributed by atoms with Crippen molar-refractivity contribution >= 4 is 34.0 Å². The van der Waals surface area contributed by atoms with Crippen molar-refractivity contribution in [3.63, 3.8) is 0 Å². The fourth-order valence-corrected chi connectivity index (χ4v) is 4.01. The zero-order valence-corrected chi connectivity index (χ0v) is 17.5. The van der Waals surface area contributed by atoms with E-state index < -0.39 is 12.3 Å². The molecule has 0 saturated carbocycles. The van der Waals surface area contributed by atoms with E-state index in [-0.39, 0.29) is 0 Å². The molecule has 1 aliphatic rings. The third kappa shape index (κ3) is 4.13. The van der Waals surface area contributed by atoms with Gasteiger partial charge in [-0.1, -0.05) is 41.9 Å². The lowest BCUT2D eigenvalue weighted by Gasteiger charge is -2.37. The first-order valence-electron chi connectivity index (χ1n) is 9.88. The molecule has 8 heteroatoms. The summed E-state index contributed by atoms with van der Waals surface area (Å²) >= 11 is 6.22. The number of nitrogens with one attached hydrogen (secondary N) is 1. The Labute approximate surface area is 179 Å². The molecule has 0 unspecified atom stereocenters. The Balaban J connectivity index is 1.56. The highest BCUT2D eigenvalue weighted by Crippen LogP contribution is 2.32. The maximum Gasteiger partial charge on any atom is 0.159 e. The van der Waals surface area contributed by atoms with Crippen LogP contribution in [0.25, 0.3) is 10.8 Å². The van der Waals surface area contributed by atoms with Crippen LogP contribution in [0.1, 0.15) is 18.4 Å². The van der Waals surface area contributed by atoms with Crippen molar-refractivity contribution in [3.8, 4) is 5.75 Å². The molecule has 1 fully saturated rings. The molecule has 4 rings (SSSR count). The fraction of sp³-hybridized carbons (Fsp3) is 0.364. The lowest BCUT2D eigenvalue weighted by molar-refractivity contribution is -0.00611. The molecule has 0 radical (unpaired) electrons. The molecule has 1 saturated heterocycles. The number of anilines is 2. The van der Waals surface area contributed by atoms with Crippen molar-refractivity contribution in [3.05, 3.63) is 53.1 Å². The Morgan fingerprint density at radius 3 is 2.57 bits per heavy atom. The monoisotopic (exact) mass is 430 g/mol. The molecule has 158 valence electrons. The quantitative estimate of drug-likeness (QED) is 0.610. The maximum absolute atomic E-state index is 13.1. The lowest BCUT2D eigenvalue weighted by atomic mass is 9.93. The minimum absolute atomic E-state index is 0.373. The topological polar surface area (TPSA) is 70.5 Å². The largest absolute Gasteiger partial charge is 0.495 e. The average molecular weight is 431 g/mol. The molecule has 0 bridgehead atoms. The number of nitrogens with zero attached hydrogens (tertiary/aromatic N) is 3. The van der Waals surface area contributed by atoms with Gasteiger partial charge in [0, 0.05) is 30.4 Å². The molecular formula is C22H24ClFN4O2. The van der Waals surface area contributed by atoms with Gasteiger partial charge in [0.1, 0.15) is 12.4 Å². The van der Waals surface area contributed by atoms with Gasteiger partial charge in [-0.05, 0) is 30.5 Å². The van der Waals surface area contributed by atoms with Crippen molar-refractivity contribution in [1.29, 1.82) is 0 Å². The predicted molar refractivity (Wildman–Crippen MR) is 117 cm³/mol. The second-order valence-electron chi connectivity index (χ2n) is 7.59. The number of hydrogen-bond donors (Lipinski definition) is 2. The summed E-state index contributed by atoms with van der Waals surface area (Å²) in [5.41, 5.74) is -0.224. The van der Waals surface area contributed by atoms with E-state index in [0.717, 1.165) is 22.2 Å². The Hall–Kier alpha value is -2.64. The SMILES string of the molecule is COc1ccc(CNc2nnc(N3CCC(O)(CF)CC3)c3ccccc23)cc1Cl. The van der Waals surface area contributed by atoms with Crippen molar-refractivity contribution in [2.24, 2.45) is 0 Å². The highest BCUT2D eigenvalue weighted by molar-refractivity contribution is 6.32. The summed E-state index contributed by atoms with van der Waals surface area (Å²) in [4.78, 5) is 2.06. The lowest BCUT2D eigenvalue weighted by Crippen LogP contribution is -2.46. The number of methoxy groups -OCH3 is 1. The van der Waals surface area contributed by atoms with Crippen LogP contribution in [0.4, 0.5) is 16.0 Å². The van der Waals surface area contributed by atoms with Gasteiger partial charge in [-0.2, -0.15) is 0 Å². The first-order valence-corrected chi connectivity index (χ1v) is 10.3. The number of fused-ring (bicyclic) bond motifs is 1. The van der Waals surface area contributed by atoms with E-state index in [1.807, 2.05) is 42.5 Å². The van der Waals surface area contributed by atoms with E-state index in [0.29, 0.717) is 49.1 Å². The van der Waals surface area contributed by atoms with Gasteiger partial charge >= 0.3 is 0 Å². The fourth-order valence-electron chi connectivity index (χ4n) is 3.73. The van der Waals surface area contributed by atoms with Crippen molar-refractivity contribution < 1.29 is 14.2 Å². The summed E-state index contributed by atoms with van der Waals surface area (Å²) in [6.45, 7) is 0.896. The number of rotatable bonds is 6. The summed E-state index contributed by atoms with van der Waals surface area (Å²) < 4.78 is 18.3.